The number of nitrogens with zero attached hydrogens (tertiary/aromatic N) is 3. The lowest BCUT2D eigenvalue weighted by atomic mass is 10.2. The third-order valence-electron chi connectivity index (χ3n) is 2.82. The Balaban J connectivity index is 2.65. The van der Waals surface area contributed by atoms with E-state index < -0.39 is 5.97 Å². The number of carboxylic acid groups (broad SMARTS) is 1. The van der Waals surface area contributed by atoms with Crippen LogP contribution in [0.15, 0.2) is 6.33 Å². The van der Waals surface area contributed by atoms with E-state index in [0.717, 1.165) is 34.6 Å². The van der Waals surface area contributed by atoms with Crippen molar-refractivity contribution in [2.45, 2.75) is 20.3 Å². The van der Waals surface area contributed by atoms with Gasteiger partial charge in [0.1, 0.15) is 21.9 Å². The fourth-order valence-corrected chi connectivity index (χ4v) is 2.97. The van der Waals surface area contributed by atoms with Gasteiger partial charge in [-0.25, -0.2) is 14.8 Å². The fourth-order valence-electron chi connectivity index (χ4n) is 1.99. The lowest BCUT2D eigenvalue weighted by molar-refractivity contribution is 0.0701. The third-order valence-corrected chi connectivity index (χ3v) is 4.01. The number of anilines is 1. The normalized spacial score (nSPS) is 10.8. The van der Waals surface area contributed by atoms with Gasteiger partial charge in [-0.15, -0.1) is 11.3 Å². The van der Waals surface area contributed by atoms with Crippen molar-refractivity contribution in [1.29, 1.82) is 0 Å². The van der Waals surface area contributed by atoms with Crippen LogP contribution in [0.3, 0.4) is 0 Å². The number of fused-ring (bicyclic) bond motifs is 1. The lowest BCUT2D eigenvalue weighted by Gasteiger charge is -2.17. The largest absolute Gasteiger partial charge is 0.477 e. The van der Waals surface area contributed by atoms with Crippen LogP contribution in [0.5, 0.6) is 0 Å². The molecule has 96 valence electrons. The third kappa shape index (κ3) is 2.03. The minimum absolute atomic E-state index is 0.344. The highest BCUT2D eigenvalue weighted by Gasteiger charge is 2.19. The van der Waals surface area contributed by atoms with Crippen LogP contribution in [0, 0.1) is 6.92 Å². The highest BCUT2D eigenvalue weighted by atomic mass is 32.1. The van der Waals surface area contributed by atoms with E-state index in [0.29, 0.717) is 4.88 Å². The quantitative estimate of drug-likeness (QED) is 0.920. The summed E-state index contributed by atoms with van der Waals surface area (Å²) in [6, 6.07) is 0. The summed E-state index contributed by atoms with van der Waals surface area (Å²) >= 11 is 1.20. The van der Waals surface area contributed by atoms with Crippen LogP contribution in [-0.2, 0) is 0 Å². The molecule has 0 saturated carbocycles. The van der Waals surface area contributed by atoms with Crippen LogP contribution in [0.1, 0.15) is 28.6 Å². The van der Waals surface area contributed by atoms with E-state index in [1.807, 2.05) is 18.9 Å². The van der Waals surface area contributed by atoms with Gasteiger partial charge in [0.2, 0.25) is 0 Å². The van der Waals surface area contributed by atoms with Crippen molar-refractivity contribution in [3.05, 3.63) is 16.8 Å². The first-order valence-electron chi connectivity index (χ1n) is 5.74. The summed E-state index contributed by atoms with van der Waals surface area (Å²) in [5.74, 6) is -0.0947. The summed E-state index contributed by atoms with van der Waals surface area (Å²) < 4.78 is 0. The number of aromatic nitrogens is 2. The van der Waals surface area contributed by atoms with Crippen LogP contribution in [-0.4, -0.2) is 34.6 Å². The molecule has 0 aliphatic heterocycles. The Morgan fingerprint density at radius 3 is 2.83 bits per heavy atom. The first kappa shape index (κ1) is 12.8. The van der Waals surface area contributed by atoms with Gasteiger partial charge in [-0.3, -0.25) is 0 Å². The summed E-state index contributed by atoms with van der Waals surface area (Å²) in [4.78, 5) is 22.7. The molecule has 0 aliphatic rings. The second-order valence-electron chi connectivity index (χ2n) is 4.16. The Hall–Kier alpha value is -1.69. The number of carbonyl (C=O) groups is 1. The van der Waals surface area contributed by atoms with Gasteiger partial charge >= 0.3 is 5.97 Å². The second kappa shape index (κ2) is 4.89. The first-order chi connectivity index (χ1) is 8.56. The minimum Gasteiger partial charge on any atom is -0.477 e. The Labute approximate surface area is 109 Å². The molecule has 0 unspecified atom stereocenters. The summed E-state index contributed by atoms with van der Waals surface area (Å²) in [6.45, 7) is 4.79. The van der Waals surface area contributed by atoms with E-state index in [9.17, 15) is 4.79 Å². The Morgan fingerprint density at radius 2 is 2.22 bits per heavy atom. The molecule has 0 radical (unpaired) electrons. The molecule has 0 bridgehead atoms. The van der Waals surface area contributed by atoms with Gasteiger partial charge in [-0.1, -0.05) is 6.92 Å². The highest BCUT2D eigenvalue weighted by molar-refractivity contribution is 7.20. The summed E-state index contributed by atoms with van der Waals surface area (Å²) in [5.41, 5.74) is 0.751. The molecule has 5 nitrogen and oxygen atoms in total. The molecule has 2 aromatic heterocycles. The average molecular weight is 265 g/mol. The lowest BCUT2D eigenvalue weighted by Crippen LogP contribution is -2.19. The molecule has 0 aromatic carbocycles. The van der Waals surface area contributed by atoms with E-state index in [2.05, 4.69) is 16.9 Å². The maximum absolute atomic E-state index is 11.1. The van der Waals surface area contributed by atoms with Gasteiger partial charge in [0.25, 0.3) is 0 Å². The highest BCUT2D eigenvalue weighted by Crippen LogP contribution is 2.34. The smallest absolute Gasteiger partial charge is 0.346 e. The molecule has 2 rings (SSSR count). The summed E-state index contributed by atoms with van der Waals surface area (Å²) in [5, 5.41) is 10.0. The van der Waals surface area contributed by atoms with E-state index in [1.165, 1.54) is 17.7 Å². The number of hydrogen-bond acceptors (Lipinski definition) is 5. The fraction of sp³-hybridized carbons (Fsp3) is 0.417. The Kier molecular flexibility index (Phi) is 3.47. The van der Waals surface area contributed by atoms with Crippen LogP contribution in [0.2, 0.25) is 0 Å². The Morgan fingerprint density at radius 1 is 1.50 bits per heavy atom. The molecule has 2 aromatic rings. The molecule has 6 heteroatoms. The van der Waals surface area contributed by atoms with Crippen LogP contribution in [0.4, 0.5) is 5.82 Å². The minimum atomic E-state index is -0.903. The van der Waals surface area contributed by atoms with Crippen LogP contribution in [0.25, 0.3) is 10.2 Å². The number of hydrogen-bond donors (Lipinski definition) is 1. The molecule has 0 fully saturated rings. The number of rotatable bonds is 4. The van der Waals surface area contributed by atoms with Gasteiger partial charge in [0.05, 0.1) is 5.39 Å². The zero-order valence-electron chi connectivity index (χ0n) is 10.6. The first-order valence-corrected chi connectivity index (χ1v) is 6.56. The number of aryl methyl sites for hydroxylation is 1. The molecular weight excluding hydrogens is 250 g/mol. The molecule has 2 heterocycles. The number of aromatic carboxylic acids is 1. The van der Waals surface area contributed by atoms with E-state index in [1.54, 1.807) is 0 Å². The maximum atomic E-state index is 11.1. The predicted octanol–water partition coefficient (Wildman–Crippen LogP) is 2.54. The van der Waals surface area contributed by atoms with Gasteiger partial charge in [-0.05, 0) is 18.9 Å². The molecule has 0 atom stereocenters. The van der Waals surface area contributed by atoms with E-state index in [4.69, 9.17) is 5.11 Å². The van der Waals surface area contributed by atoms with Crippen molar-refractivity contribution in [2.75, 3.05) is 18.5 Å². The average Bonchev–Trinajstić information content (AvgIpc) is 2.67. The summed E-state index contributed by atoms with van der Waals surface area (Å²) in [7, 11) is 1.96. The van der Waals surface area contributed by atoms with Gasteiger partial charge in [0.15, 0.2) is 0 Å². The van der Waals surface area contributed by atoms with Gasteiger partial charge in [0, 0.05) is 13.6 Å². The zero-order valence-corrected chi connectivity index (χ0v) is 11.4. The van der Waals surface area contributed by atoms with Crippen molar-refractivity contribution in [1.82, 2.24) is 9.97 Å². The number of carboxylic acids is 1. The van der Waals surface area contributed by atoms with E-state index >= 15 is 0 Å². The molecular formula is C12H15N3O2S. The van der Waals surface area contributed by atoms with Crippen molar-refractivity contribution in [3.63, 3.8) is 0 Å². The summed E-state index contributed by atoms with van der Waals surface area (Å²) in [6.07, 6.45) is 2.50. The molecule has 0 amide bonds. The molecule has 1 N–H and O–H groups in total. The monoisotopic (exact) mass is 265 g/mol. The molecule has 0 spiro atoms. The van der Waals surface area contributed by atoms with Crippen molar-refractivity contribution < 1.29 is 9.90 Å². The topological polar surface area (TPSA) is 66.3 Å². The van der Waals surface area contributed by atoms with Crippen molar-refractivity contribution in [3.8, 4) is 0 Å². The molecule has 18 heavy (non-hydrogen) atoms. The number of thiophene rings is 1. The van der Waals surface area contributed by atoms with Crippen molar-refractivity contribution >= 4 is 33.3 Å². The Bertz CT molecular complexity index is 594. The van der Waals surface area contributed by atoms with Gasteiger partial charge < -0.3 is 10.0 Å². The zero-order chi connectivity index (χ0) is 13.3. The standard InChI is InChI=1S/C12H15N3O2S/c1-4-5-15(3)10-8-7(2)9(12(16)17)18-11(8)14-6-13-10/h6H,4-5H2,1-3H3,(H,16,17). The van der Waals surface area contributed by atoms with E-state index in [-0.39, 0.29) is 0 Å². The SMILES string of the molecule is CCCN(C)c1ncnc2sc(C(=O)O)c(C)c12. The predicted molar refractivity (Wildman–Crippen MR) is 72.7 cm³/mol. The van der Waals surface area contributed by atoms with Crippen LogP contribution < -0.4 is 4.90 Å². The van der Waals surface area contributed by atoms with Gasteiger partial charge in [-0.2, -0.15) is 0 Å². The molecule has 0 saturated heterocycles. The second-order valence-corrected chi connectivity index (χ2v) is 5.16. The van der Waals surface area contributed by atoms with Crippen LogP contribution >= 0.6 is 11.3 Å². The molecule has 0 aliphatic carbocycles. The maximum Gasteiger partial charge on any atom is 0.346 e. The van der Waals surface area contributed by atoms with Crippen molar-refractivity contribution in [2.24, 2.45) is 0 Å².